The number of benzene rings is 2. The Morgan fingerprint density at radius 2 is 1.59 bits per heavy atom. The number of rotatable bonds is 8. The van der Waals surface area contributed by atoms with Crippen molar-refractivity contribution in [3.05, 3.63) is 40.4 Å². The van der Waals surface area contributed by atoms with Gasteiger partial charge in [0, 0.05) is 14.1 Å². The predicted molar refractivity (Wildman–Crippen MR) is 116 cm³/mol. The van der Waals surface area contributed by atoms with Crippen LogP contribution in [0.4, 0.5) is 11.4 Å². The summed E-state index contributed by atoms with van der Waals surface area (Å²) in [5.74, 6) is 0.626. The van der Waals surface area contributed by atoms with E-state index in [-0.39, 0.29) is 22.1 Å². The van der Waals surface area contributed by atoms with Crippen molar-refractivity contribution in [1.82, 2.24) is 0 Å². The van der Waals surface area contributed by atoms with Gasteiger partial charge < -0.3 is 29.6 Å². The molecule has 0 aliphatic rings. The van der Waals surface area contributed by atoms with E-state index in [1.165, 1.54) is 34.5 Å². The van der Waals surface area contributed by atoms with Crippen LogP contribution < -0.4 is 29.6 Å². The number of allylic oxidation sites excluding steroid dienone is 1. The highest BCUT2D eigenvalue weighted by molar-refractivity contribution is 6.47. The number of nitrogen functional groups attached to an aromatic ring is 1. The van der Waals surface area contributed by atoms with Crippen molar-refractivity contribution in [1.29, 1.82) is 0 Å². The largest absolute Gasteiger partial charge is 0.493 e. The highest BCUT2D eigenvalue weighted by Crippen LogP contribution is 2.47. The Hall–Kier alpha value is -3.06. The summed E-state index contributed by atoms with van der Waals surface area (Å²) in [7, 11) is 9.58. The number of nitrogens with two attached hydrogens (primary N) is 1. The lowest BCUT2D eigenvalue weighted by Gasteiger charge is -2.18. The molecule has 2 aromatic rings. The number of hydrogen-bond donors (Lipinski definition) is 1. The van der Waals surface area contributed by atoms with Crippen LogP contribution >= 0.6 is 11.6 Å². The molecule has 0 fully saturated rings. The summed E-state index contributed by atoms with van der Waals surface area (Å²) in [5.41, 5.74) is 8.34. The minimum atomic E-state index is -0.453. The van der Waals surface area contributed by atoms with Crippen LogP contribution in [0.5, 0.6) is 23.0 Å². The molecular formula is C21H25ClN2O5. The highest BCUT2D eigenvalue weighted by atomic mass is 35.5. The molecule has 0 spiro atoms. The third kappa shape index (κ3) is 4.51. The van der Waals surface area contributed by atoms with Gasteiger partial charge in [-0.05, 0) is 29.8 Å². The second-order valence-corrected chi connectivity index (χ2v) is 6.67. The Balaban J connectivity index is 2.56. The number of anilines is 2. The standard InChI is InChI=1S/C21H25ClN2O5/c1-24(2)16-10-12(7-8-15(16)23)9-14(22)18(25)13-11-17(26-3)20(28-5)21(29-6)19(13)27-4/h7-11H,23H2,1-6H3. The van der Waals surface area contributed by atoms with Gasteiger partial charge in [0.1, 0.15) is 0 Å². The van der Waals surface area contributed by atoms with Gasteiger partial charge in [-0.25, -0.2) is 0 Å². The van der Waals surface area contributed by atoms with Crippen LogP contribution in [-0.4, -0.2) is 48.3 Å². The van der Waals surface area contributed by atoms with Gasteiger partial charge in [0.15, 0.2) is 11.5 Å². The summed E-state index contributed by atoms with van der Waals surface area (Å²) < 4.78 is 21.4. The number of hydrogen-bond acceptors (Lipinski definition) is 7. The molecule has 0 heterocycles. The molecule has 0 bridgehead atoms. The van der Waals surface area contributed by atoms with Crippen molar-refractivity contribution >= 4 is 34.8 Å². The minimum Gasteiger partial charge on any atom is -0.493 e. The molecule has 0 atom stereocenters. The predicted octanol–water partition coefficient (Wildman–Crippen LogP) is 3.83. The number of ketones is 1. The smallest absolute Gasteiger partial charge is 0.208 e. The Labute approximate surface area is 175 Å². The van der Waals surface area contributed by atoms with Crippen LogP contribution in [0.1, 0.15) is 15.9 Å². The number of carbonyl (C=O) groups is 1. The maximum atomic E-state index is 13.1. The van der Waals surface area contributed by atoms with E-state index < -0.39 is 5.78 Å². The van der Waals surface area contributed by atoms with Gasteiger partial charge in [-0.3, -0.25) is 4.79 Å². The van der Waals surface area contributed by atoms with Crippen LogP contribution in [0.2, 0.25) is 0 Å². The second-order valence-electron chi connectivity index (χ2n) is 6.26. The lowest BCUT2D eigenvalue weighted by Crippen LogP contribution is -2.11. The SMILES string of the molecule is COc1cc(C(=O)C(Cl)=Cc2ccc(N)c(N(C)C)c2)c(OC)c(OC)c1OC. The molecule has 2 aromatic carbocycles. The number of halogens is 1. The number of carbonyl (C=O) groups excluding carboxylic acids is 1. The summed E-state index contributed by atoms with van der Waals surface area (Å²) in [6.07, 6.45) is 1.57. The van der Waals surface area contributed by atoms with Crippen LogP contribution in [-0.2, 0) is 0 Å². The first-order chi connectivity index (χ1) is 13.8. The highest BCUT2D eigenvalue weighted by Gasteiger charge is 2.26. The van der Waals surface area contributed by atoms with E-state index in [1.54, 1.807) is 18.2 Å². The fourth-order valence-electron chi connectivity index (χ4n) is 2.88. The third-order valence-corrected chi connectivity index (χ3v) is 4.56. The van der Waals surface area contributed by atoms with E-state index in [9.17, 15) is 4.79 Å². The molecule has 8 heteroatoms. The summed E-state index contributed by atoms with van der Waals surface area (Å²) in [4.78, 5) is 15.0. The van der Waals surface area contributed by atoms with Gasteiger partial charge >= 0.3 is 0 Å². The van der Waals surface area contributed by atoms with E-state index in [1.807, 2.05) is 25.1 Å². The Morgan fingerprint density at radius 1 is 0.966 bits per heavy atom. The first kappa shape index (κ1) is 22.2. The third-order valence-electron chi connectivity index (χ3n) is 4.28. The molecular weight excluding hydrogens is 396 g/mol. The molecule has 0 aromatic heterocycles. The van der Waals surface area contributed by atoms with Gasteiger partial charge in [0.2, 0.25) is 17.3 Å². The first-order valence-corrected chi connectivity index (χ1v) is 9.02. The van der Waals surface area contributed by atoms with Crippen molar-refractivity contribution in [2.24, 2.45) is 0 Å². The van der Waals surface area contributed by atoms with Crippen LogP contribution in [0.15, 0.2) is 29.3 Å². The van der Waals surface area contributed by atoms with E-state index in [4.69, 9.17) is 36.3 Å². The molecule has 7 nitrogen and oxygen atoms in total. The van der Waals surface area contributed by atoms with Crippen LogP contribution in [0.3, 0.4) is 0 Å². The monoisotopic (exact) mass is 420 g/mol. The summed E-state index contributed by atoms with van der Waals surface area (Å²) in [6.45, 7) is 0. The van der Waals surface area contributed by atoms with Crippen LogP contribution in [0, 0.1) is 0 Å². The first-order valence-electron chi connectivity index (χ1n) is 8.64. The zero-order chi connectivity index (χ0) is 21.7. The lowest BCUT2D eigenvalue weighted by atomic mass is 10.0. The molecule has 0 radical (unpaired) electrons. The van der Waals surface area contributed by atoms with E-state index in [0.29, 0.717) is 17.2 Å². The van der Waals surface area contributed by atoms with Crippen molar-refractivity contribution in [3.63, 3.8) is 0 Å². The quantitative estimate of drug-likeness (QED) is 0.394. The molecule has 0 aliphatic carbocycles. The lowest BCUT2D eigenvalue weighted by molar-refractivity contribution is 0.103. The maximum absolute atomic E-state index is 13.1. The summed E-state index contributed by atoms with van der Waals surface area (Å²) in [6, 6.07) is 6.89. The number of methoxy groups -OCH3 is 4. The van der Waals surface area contributed by atoms with Gasteiger partial charge in [-0.15, -0.1) is 0 Å². The topological polar surface area (TPSA) is 83.3 Å². The average molecular weight is 421 g/mol. The molecule has 0 saturated heterocycles. The minimum absolute atomic E-state index is 0.00736. The molecule has 0 saturated carbocycles. The molecule has 0 unspecified atom stereocenters. The number of nitrogens with zero attached hydrogens (tertiary/aromatic N) is 1. The fraction of sp³-hybridized carbons (Fsp3) is 0.286. The van der Waals surface area contributed by atoms with Crippen molar-refractivity contribution < 1.29 is 23.7 Å². The zero-order valence-electron chi connectivity index (χ0n) is 17.3. The number of Topliss-reactive ketones (excluding diaryl/α,β-unsaturated/α-hetero) is 1. The number of ether oxygens (including phenoxy) is 4. The fourth-order valence-corrected chi connectivity index (χ4v) is 3.11. The van der Waals surface area contributed by atoms with E-state index >= 15 is 0 Å². The maximum Gasteiger partial charge on any atom is 0.208 e. The van der Waals surface area contributed by atoms with Gasteiger partial charge in [0.25, 0.3) is 0 Å². The molecule has 2 N–H and O–H groups in total. The molecule has 2 rings (SSSR count). The van der Waals surface area contributed by atoms with Crippen molar-refractivity contribution in [2.45, 2.75) is 0 Å². The summed E-state index contributed by atoms with van der Waals surface area (Å²) in [5, 5.41) is -0.00736. The van der Waals surface area contributed by atoms with Gasteiger partial charge in [-0.2, -0.15) is 0 Å². The molecule has 156 valence electrons. The second kappa shape index (κ2) is 9.43. The molecule has 29 heavy (non-hydrogen) atoms. The van der Waals surface area contributed by atoms with Crippen molar-refractivity contribution in [3.8, 4) is 23.0 Å². The van der Waals surface area contributed by atoms with Crippen LogP contribution in [0.25, 0.3) is 6.08 Å². The van der Waals surface area contributed by atoms with Gasteiger partial charge in [-0.1, -0.05) is 17.7 Å². The summed E-state index contributed by atoms with van der Waals surface area (Å²) >= 11 is 6.36. The Kier molecular flexibility index (Phi) is 7.23. The van der Waals surface area contributed by atoms with E-state index in [2.05, 4.69) is 0 Å². The van der Waals surface area contributed by atoms with Crippen molar-refractivity contribution in [2.75, 3.05) is 53.2 Å². The Morgan fingerprint density at radius 3 is 2.10 bits per heavy atom. The van der Waals surface area contributed by atoms with Gasteiger partial charge in [0.05, 0.1) is 50.4 Å². The normalized spacial score (nSPS) is 11.1. The molecule has 0 aliphatic heterocycles. The average Bonchev–Trinajstić information content (AvgIpc) is 2.72. The zero-order valence-corrected chi connectivity index (χ0v) is 18.1. The van der Waals surface area contributed by atoms with E-state index in [0.717, 1.165) is 11.3 Å². The molecule has 0 amide bonds. The Bertz CT molecular complexity index is 941.